The number of rotatable bonds is 2. The SMILES string of the molecule is CCCCO.[Ba+2].[H-].[H-]. The maximum absolute atomic E-state index is 8.07. The van der Waals surface area contributed by atoms with Crippen molar-refractivity contribution in [2.45, 2.75) is 19.8 Å². The summed E-state index contributed by atoms with van der Waals surface area (Å²) in [5.74, 6) is 0. The second-order valence-corrected chi connectivity index (χ2v) is 1.08. The third kappa shape index (κ3) is 9.11. The van der Waals surface area contributed by atoms with Crippen molar-refractivity contribution in [2.24, 2.45) is 0 Å². The summed E-state index contributed by atoms with van der Waals surface area (Å²) in [4.78, 5) is 0. The predicted molar refractivity (Wildman–Crippen MR) is 30.0 cm³/mol. The number of aliphatic hydroxyl groups excluding tert-OH is 1. The minimum Gasteiger partial charge on any atom is -1.00 e. The van der Waals surface area contributed by atoms with Crippen LogP contribution in [0.4, 0.5) is 0 Å². The van der Waals surface area contributed by atoms with E-state index in [1.807, 2.05) is 0 Å². The van der Waals surface area contributed by atoms with E-state index in [1.54, 1.807) is 0 Å². The zero-order chi connectivity index (χ0) is 4.12. The quantitative estimate of drug-likeness (QED) is 0.667. The molecule has 1 N–H and O–H groups in total. The van der Waals surface area contributed by atoms with Gasteiger partial charge in [-0.05, 0) is 6.42 Å². The topological polar surface area (TPSA) is 20.2 Å². The molecule has 0 aromatic carbocycles. The first-order chi connectivity index (χ1) is 2.41. The first kappa shape index (κ1) is 10.5. The second kappa shape index (κ2) is 9.73. The molecule has 0 atom stereocenters. The largest absolute Gasteiger partial charge is 2.00 e. The summed E-state index contributed by atoms with van der Waals surface area (Å²) in [5, 5.41) is 8.07. The van der Waals surface area contributed by atoms with E-state index >= 15 is 0 Å². The van der Waals surface area contributed by atoms with Gasteiger partial charge in [0.1, 0.15) is 0 Å². The van der Waals surface area contributed by atoms with E-state index in [9.17, 15) is 0 Å². The Morgan fingerprint density at radius 3 is 2.17 bits per heavy atom. The molecule has 0 bridgehead atoms. The Balaban J connectivity index is -0.0000000267. The van der Waals surface area contributed by atoms with Crippen molar-refractivity contribution in [3.8, 4) is 0 Å². The summed E-state index contributed by atoms with van der Waals surface area (Å²) in [6, 6.07) is 0. The zero-order valence-corrected chi connectivity index (χ0v) is 8.72. The molecule has 0 aliphatic heterocycles. The molecule has 0 heterocycles. The first-order valence-electron chi connectivity index (χ1n) is 2.02. The molecule has 0 aromatic heterocycles. The summed E-state index contributed by atoms with van der Waals surface area (Å²) >= 11 is 0. The van der Waals surface area contributed by atoms with Gasteiger partial charge in [0, 0.05) is 6.61 Å². The van der Waals surface area contributed by atoms with Crippen LogP contribution in [-0.4, -0.2) is 60.6 Å². The normalized spacial score (nSPS) is 7.00. The standard InChI is InChI=1S/C4H10O.Ba.2H/c1-2-3-4-5;;;/h5H,2-4H2,1H3;;;/q;+2;2*-1. The molecule has 0 rings (SSSR count). The van der Waals surface area contributed by atoms with Crippen LogP contribution in [0.2, 0.25) is 0 Å². The molecular formula is C4H12BaO. The Kier molecular flexibility index (Phi) is 17.0. The van der Waals surface area contributed by atoms with E-state index in [0.29, 0.717) is 6.61 Å². The third-order valence-corrected chi connectivity index (χ3v) is 0.512. The van der Waals surface area contributed by atoms with Crippen LogP contribution >= 0.6 is 0 Å². The molecule has 1 nitrogen and oxygen atoms in total. The summed E-state index contributed by atoms with van der Waals surface area (Å²) in [6.45, 7) is 2.40. The van der Waals surface area contributed by atoms with Crippen LogP contribution in [0.25, 0.3) is 0 Å². The van der Waals surface area contributed by atoms with E-state index < -0.39 is 0 Å². The minimum absolute atomic E-state index is 0. The summed E-state index contributed by atoms with van der Waals surface area (Å²) < 4.78 is 0. The van der Waals surface area contributed by atoms with Gasteiger partial charge in [-0.15, -0.1) is 0 Å². The van der Waals surface area contributed by atoms with Gasteiger partial charge in [-0.1, -0.05) is 13.3 Å². The molecule has 0 radical (unpaired) electrons. The van der Waals surface area contributed by atoms with Crippen molar-refractivity contribution < 1.29 is 7.96 Å². The molecule has 0 fully saturated rings. The van der Waals surface area contributed by atoms with Crippen LogP contribution < -0.4 is 0 Å². The first-order valence-corrected chi connectivity index (χ1v) is 2.02. The van der Waals surface area contributed by atoms with E-state index in [2.05, 4.69) is 6.92 Å². The second-order valence-electron chi connectivity index (χ2n) is 1.08. The molecule has 2 heteroatoms. The van der Waals surface area contributed by atoms with Gasteiger partial charge in [0.2, 0.25) is 0 Å². The van der Waals surface area contributed by atoms with E-state index in [-0.39, 0.29) is 51.7 Å². The van der Waals surface area contributed by atoms with E-state index in [4.69, 9.17) is 5.11 Å². The van der Waals surface area contributed by atoms with Crippen LogP contribution in [-0.2, 0) is 0 Å². The summed E-state index contributed by atoms with van der Waals surface area (Å²) in [5.41, 5.74) is 0. The van der Waals surface area contributed by atoms with Crippen molar-refractivity contribution in [1.29, 1.82) is 0 Å². The molecule has 0 aliphatic rings. The minimum atomic E-state index is 0. The molecule has 0 aliphatic carbocycles. The fourth-order valence-corrected chi connectivity index (χ4v) is 0.158. The Morgan fingerprint density at radius 1 is 1.67 bits per heavy atom. The monoisotopic (exact) mass is 214 g/mol. The van der Waals surface area contributed by atoms with Crippen LogP contribution in [0, 0.1) is 0 Å². The van der Waals surface area contributed by atoms with Crippen molar-refractivity contribution in [1.82, 2.24) is 0 Å². The molecule has 0 unspecified atom stereocenters. The van der Waals surface area contributed by atoms with Crippen molar-refractivity contribution in [3.63, 3.8) is 0 Å². The average Bonchev–Trinajstić information content (AvgIpc) is 1.41. The van der Waals surface area contributed by atoms with Crippen LogP contribution in [0.1, 0.15) is 22.6 Å². The van der Waals surface area contributed by atoms with E-state index in [0.717, 1.165) is 12.8 Å². The number of aliphatic hydroxyl groups is 1. The van der Waals surface area contributed by atoms with Gasteiger partial charge >= 0.3 is 48.9 Å². The fraction of sp³-hybridized carbons (Fsp3) is 1.00. The van der Waals surface area contributed by atoms with Crippen LogP contribution in [0.5, 0.6) is 0 Å². The smallest absolute Gasteiger partial charge is 1.00 e. The Hall–Kier alpha value is 1.53. The van der Waals surface area contributed by atoms with Gasteiger partial charge in [-0.2, -0.15) is 0 Å². The Bertz CT molecular complexity index is 21.5. The number of unbranched alkanes of at least 4 members (excludes halogenated alkanes) is 1. The molecule has 0 saturated heterocycles. The maximum atomic E-state index is 8.07. The molecule has 0 amide bonds. The van der Waals surface area contributed by atoms with Crippen molar-refractivity contribution >= 4 is 48.9 Å². The third-order valence-electron chi connectivity index (χ3n) is 0.512. The van der Waals surface area contributed by atoms with E-state index in [1.165, 1.54) is 0 Å². The zero-order valence-electron chi connectivity index (χ0n) is 6.28. The summed E-state index contributed by atoms with van der Waals surface area (Å²) in [6.07, 6.45) is 2.04. The molecule has 0 saturated carbocycles. The average molecular weight is 213 g/mol. The van der Waals surface area contributed by atoms with Gasteiger partial charge in [-0.3, -0.25) is 0 Å². The fourth-order valence-electron chi connectivity index (χ4n) is 0.158. The molecule has 0 spiro atoms. The molecule has 0 aromatic rings. The number of hydrogen-bond donors (Lipinski definition) is 1. The Morgan fingerprint density at radius 2 is 2.17 bits per heavy atom. The van der Waals surface area contributed by atoms with Crippen LogP contribution in [0.15, 0.2) is 0 Å². The number of hydrogen-bond acceptors (Lipinski definition) is 1. The van der Waals surface area contributed by atoms with Gasteiger partial charge in [0.15, 0.2) is 0 Å². The van der Waals surface area contributed by atoms with Gasteiger partial charge in [0.05, 0.1) is 0 Å². The predicted octanol–water partition coefficient (Wildman–Crippen LogP) is 0.623. The molecular weight excluding hydrogens is 201 g/mol. The summed E-state index contributed by atoms with van der Waals surface area (Å²) in [7, 11) is 0. The van der Waals surface area contributed by atoms with Gasteiger partial charge in [-0.25, -0.2) is 0 Å². The van der Waals surface area contributed by atoms with Crippen molar-refractivity contribution in [3.05, 3.63) is 0 Å². The molecule has 6 heavy (non-hydrogen) atoms. The van der Waals surface area contributed by atoms with Gasteiger partial charge in [0.25, 0.3) is 0 Å². The Labute approximate surface area is 82.2 Å². The maximum Gasteiger partial charge on any atom is 2.00 e. The molecule has 36 valence electrons. The van der Waals surface area contributed by atoms with Gasteiger partial charge < -0.3 is 7.96 Å². The van der Waals surface area contributed by atoms with Crippen molar-refractivity contribution in [2.75, 3.05) is 6.61 Å². The van der Waals surface area contributed by atoms with Crippen LogP contribution in [0.3, 0.4) is 0 Å².